The zero-order chi connectivity index (χ0) is 13.5. The average Bonchev–Trinajstić information content (AvgIpc) is 2.33. The van der Waals surface area contributed by atoms with Crippen LogP contribution in [-0.4, -0.2) is 43.5 Å². The molecule has 3 N–H and O–H groups in total. The van der Waals surface area contributed by atoms with Gasteiger partial charge in [0.1, 0.15) is 4.99 Å². The van der Waals surface area contributed by atoms with Gasteiger partial charge in [0, 0.05) is 25.9 Å². The lowest BCUT2D eigenvalue weighted by Crippen LogP contribution is -2.32. The third-order valence-electron chi connectivity index (χ3n) is 2.51. The number of methoxy groups -OCH3 is 1. The average molecular weight is 289 g/mol. The lowest BCUT2D eigenvalue weighted by Gasteiger charge is -2.26. The quantitative estimate of drug-likeness (QED) is 0.743. The molecule has 0 saturated carbocycles. The monoisotopic (exact) mass is 288 g/mol. The van der Waals surface area contributed by atoms with E-state index in [0.717, 1.165) is 5.69 Å². The molecule has 1 aromatic carbocycles. The van der Waals surface area contributed by atoms with Crippen molar-refractivity contribution < 1.29 is 9.84 Å². The molecule has 0 amide bonds. The second-order valence-corrected chi connectivity index (χ2v) is 4.55. The fraction of sp³-hybridized carbons (Fsp3) is 0.417. The molecule has 0 aliphatic heterocycles. The van der Waals surface area contributed by atoms with Crippen LogP contribution < -0.4 is 10.6 Å². The number of aliphatic hydroxyl groups excluding tert-OH is 1. The molecule has 0 aliphatic rings. The number of nitrogens with two attached hydrogens (primary N) is 1. The Morgan fingerprint density at radius 3 is 2.78 bits per heavy atom. The maximum atomic E-state index is 9.12. The zero-order valence-corrected chi connectivity index (χ0v) is 11.8. The largest absolute Gasteiger partial charge is 0.395 e. The number of ether oxygens (including phenoxy) is 1. The molecule has 0 fully saturated rings. The predicted molar refractivity (Wildman–Crippen MR) is 78.5 cm³/mol. The van der Waals surface area contributed by atoms with Crippen molar-refractivity contribution in [2.75, 3.05) is 38.3 Å². The minimum absolute atomic E-state index is 0.0347. The maximum Gasteiger partial charge on any atom is 0.107 e. The highest BCUT2D eigenvalue weighted by Gasteiger charge is 2.15. The maximum absolute atomic E-state index is 9.12. The molecule has 0 atom stereocenters. The molecule has 0 heterocycles. The van der Waals surface area contributed by atoms with Crippen LogP contribution in [0.5, 0.6) is 0 Å². The van der Waals surface area contributed by atoms with Gasteiger partial charge in [-0.15, -0.1) is 0 Å². The number of thiocarbonyl (C=S) groups is 1. The number of aliphatic hydroxyl groups is 1. The van der Waals surface area contributed by atoms with Crippen molar-refractivity contribution in [1.82, 2.24) is 0 Å². The van der Waals surface area contributed by atoms with Crippen molar-refractivity contribution in [2.45, 2.75) is 0 Å². The Labute approximate surface area is 117 Å². The van der Waals surface area contributed by atoms with Gasteiger partial charge in [-0.1, -0.05) is 29.9 Å². The van der Waals surface area contributed by atoms with E-state index in [9.17, 15) is 0 Å². The third kappa shape index (κ3) is 3.81. The van der Waals surface area contributed by atoms with Gasteiger partial charge < -0.3 is 20.5 Å². The molecule has 0 radical (unpaired) electrons. The van der Waals surface area contributed by atoms with E-state index in [1.54, 1.807) is 13.2 Å². The van der Waals surface area contributed by atoms with Gasteiger partial charge in [0.25, 0.3) is 0 Å². The molecule has 18 heavy (non-hydrogen) atoms. The fourth-order valence-electron chi connectivity index (χ4n) is 1.70. The molecule has 0 saturated heterocycles. The van der Waals surface area contributed by atoms with Crippen LogP contribution in [0.1, 0.15) is 5.56 Å². The van der Waals surface area contributed by atoms with Crippen LogP contribution in [0, 0.1) is 0 Å². The summed E-state index contributed by atoms with van der Waals surface area (Å²) in [5, 5.41) is 9.63. The van der Waals surface area contributed by atoms with E-state index in [1.165, 1.54) is 0 Å². The molecule has 0 unspecified atom stereocenters. The van der Waals surface area contributed by atoms with E-state index in [2.05, 4.69) is 0 Å². The van der Waals surface area contributed by atoms with Crippen molar-refractivity contribution in [2.24, 2.45) is 5.73 Å². The second kappa shape index (κ2) is 7.53. The van der Waals surface area contributed by atoms with Crippen LogP contribution in [0.2, 0.25) is 5.02 Å². The first kappa shape index (κ1) is 15.2. The highest BCUT2D eigenvalue weighted by Crippen LogP contribution is 2.27. The van der Waals surface area contributed by atoms with E-state index in [4.69, 9.17) is 39.4 Å². The van der Waals surface area contributed by atoms with Gasteiger partial charge >= 0.3 is 0 Å². The molecule has 1 rings (SSSR count). The summed E-state index contributed by atoms with van der Waals surface area (Å²) in [4.78, 5) is 2.19. The van der Waals surface area contributed by atoms with Crippen LogP contribution in [0.15, 0.2) is 18.2 Å². The number of hydrogen-bond acceptors (Lipinski definition) is 4. The molecular weight excluding hydrogens is 272 g/mol. The Morgan fingerprint density at radius 2 is 2.22 bits per heavy atom. The molecule has 0 bridgehead atoms. The van der Waals surface area contributed by atoms with Crippen molar-refractivity contribution in [3.63, 3.8) is 0 Å². The fourth-order valence-corrected chi connectivity index (χ4v) is 2.24. The summed E-state index contributed by atoms with van der Waals surface area (Å²) < 4.78 is 5.05. The minimum atomic E-state index is 0.0347. The van der Waals surface area contributed by atoms with Gasteiger partial charge in [-0.3, -0.25) is 0 Å². The minimum Gasteiger partial charge on any atom is -0.395 e. The first-order valence-corrected chi connectivity index (χ1v) is 6.33. The summed E-state index contributed by atoms with van der Waals surface area (Å²) in [5.74, 6) is 0. The number of rotatable bonds is 7. The molecule has 0 aromatic heterocycles. The number of anilines is 1. The predicted octanol–water partition coefficient (Wildman–Crippen LogP) is 1.42. The summed E-state index contributed by atoms with van der Waals surface area (Å²) in [6.07, 6.45) is 0. The highest BCUT2D eigenvalue weighted by atomic mass is 35.5. The zero-order valence-electron chi connectivity index (χ0n) is 10.2. The molecule has 1 aromatic rings. The Kier molecular flexibility index (Phi) is 6.35. The molecule has 100 valence electrons. The first-order chi connectivity index (χ1) is 8.61. The number of hydrogen-bond donors (Lipinski definition) is 2. The summed E-state index contributed by atoms with van der Waals surface area (Å²) >= 11 is 11.1. The second-order valence-electron chi connectivity index (χ2n) is 3.70. The Bertz CT molecular complexity index is 415. The van der Waals surface area contributed by atoms with Crippen LogP contribution >= 0.6 is 23.8 Å². The summed E-state index contributed by atoms with van der Waals surface area (Å²) in [6.45, 7) is 1.68. The molecule has 4 nitrogen and oxygen atoms in total. The van der Waals surface area contributed by atoms with E-state index in [0.29, 0.717) is 30.3 Å². The van der Waals surface area contributed by atoms with Gasteiger partial charge in [0.05, 0.1) is 23.8 Å². The number of benzene rings is 1. The van der Waals surface area contributed by atoms with Crippen molar-refractivity contribution in [1.29, 1.82) is 0 Å². The standard InChI is InChI=1S/C12H17ClN2O2S/c1-17-8-6-15(5-7-16)10-4-2-3-9(13)11(10)12(14)18/h2-4,16H,5-8H2,1H3,(H2,14,18). The Hall–Kier alpha value is -0.880. The van der Waals surface area contributed by atoms with Crippen LogP contribution in [-0.2, 0) is 4.74 Å². The van der Waals surface area contributed by atoms with Crippen molar-refractivity contribution in [3.8, 4) is 0 Å². The van der Waals surface area contributed by atoms with Crippen molar-refractivity contribution in [3.05, 3.63) is 28.8 Å². The summed E-state index contributed by atoms with van der Waals surface area (Å²) in [6, 6.07) is 5.45. The van der Waals surface area contributed by atoms with Gasteiger partial charge in [0.15, 0.2) is 0 Å². The van der Waals surface area contributed by atoms with Gasteiger partial charge in [-0.25, -0.2) is 0 Å². The van der Waals surface area contributed by atoms with Gasteiger partial charge in [-0.2, -0.15) is 0 Å². The van der Waals surface area contributed by atoms with E-state index < -0.39 is 0 Å². The van der Waals surface area contributed by atoms with E-state index in [1.807, 2.05) is 17.0 Å². The van der Waals surface area contributed by atoms with E-state index >= 15 is 0 Å². The number of halogens is 1. The van der Waals surface area contributed by atoms with Gasteiger partial charge in [0.2, 0.25) is 0 Å². The molecular formula is C12H17ClN2O2S. The first-order valence-electron chi connectivity index (χ1n) is 5.55. The van der Waals surface area contributed by atoms with Crippen LogP contribution in [0.4, 0.5) is 5.69 Å². The third-order valence-corrected chi connectivity index (χ3v) is 3.03. The molecule has 6 heteroatoms. The van der Waals surface area contributed by atoms with Crippen LogP contribution in [0.25, 0.3) is 0 Å². The SMILES string of the molecule is COCCN(CCO)c1cccc(Cl)c1C(N)=S. The van der Waals surface area contributed by atoms with Crippen molar-refractivity contribution >= 4 is 34.5 Å². The van der Waals surface area contributed by atoms with Gasteiger partial charge in [-0.05, 0) is 12.1 Å². The Balaban J connectivity index is 3.10. The molecule has 0 aliphatic carbocycles. The topological polar surface area (TPSA) is 58.7 Å². The molecule has 0 spiro atoms. The van der Waals surface area contributed by atoms with E-state index in [-0.39, 0.29) is 11.6 Å². The summed E-state index contributed by atoms with van der Waals surface area (Å²) in [5.41, 5.74) is 7.16. The smallest absolute Gasteiger partial charge is 0.107 e. The number of nitrogens with zero attached hydrogens (tertiary/aromatic N) is 1. The summed E-state index contributed by atoms with van der Waals surface area (Å²) in [7, 11) is 1.63. The normalized spacial score (nSPS) is 10.4. The lowest BCUT2D eigenvalue weighted by atomic mass is 10.1. The lowest BCUT2D eigenvalue weighted by molar-refractivity contribution is 0.203. The van der Waals surface area contributed by atoms with Crippen LogP contribution in [0.3, 0.4) is 0 Å². The Morgan fingerprint density at radius 1 is 1.50 bits per heavy atom. The highest BCUT2D eigenvalue weighted by molar-refractivity contribution is 7.80.